The minimum Gasteiger partial charge on any atom is -0.452 e. The smallest absolute Gasteiger partial charge is 0.340 e. The summed E-state index contributed by atoms with van der Waals surface area (Å²) in [4.78, 5) is 35.2. The van der Waals surface area contributed by atoms with Crippen LogP contribution in [0.15, 0.2) is 48.5 Å². The van der Waals surface area contributed by atoms with Crippen LogP contribution in [0.5, 0.6) is 0 Å². The number of benzene rings is 2. The van der Waals surface area contributed by atoms with Crippen LogP contribution < -0.4 is 10.9 Å². The molecule has 0 aliphatic rings. The second-order valence-electron chi connectivity index (χ2n) is 4.55. The normalized spacial score (nSPS) is 9.92. The molecule has 2 N–H and O–H groups in total. The molecule has 0 heterocycles. The van der Waals surface area contributed by atoms with Crippen molar-refractivity contribution in [2.45, 2.75) is 0 Å². The molecule has 124 valence electrons. The minimum absolute atomic E-state index is 0.0435. The van der Waals surface area contributed by atoms with Crippen molar-refractivity contribution < 1.29 is 19.1 Å². The van der Waals surface area contributed by atoms with E-state index in [0.29, 0.717) is 5.56 Å². The van der Waals surface area contributed by atoms with Crippen molar-refractivity contribution in [1.82, 2.24) is 10.9 Å². The van der Waals surface area contributed by atoms with Crippen molar-refractivity contribution in [3.63, 3.8) is 0 Å². The van der Waals surface area contributed by atoms with Gasteiger partial charge in [0, 0.05) is 5.56 Å². The molecule has 2 aromatic carbocycles. The quantitative estimate of drug-likeness (QED) is 0.643. The van der Waals surface area contributed by atoms with Gasteiger partial charge in [-0.2, -0.15) is 0 Å². The first-order valence-corrected chi connectivity index (χ1v) is 7.50. The second-order valence-corrected chi connectivity index (χ2v) is 5.33. The SMILES string of the molecule is O=C(COC(=O)c1cccc(Cl)c1Cl)NNC(=O)c1ccccc1. The summed E-state index contributed by atoms with van der Waals surface area (Å²) in [6.07, 6.45) is 0. The molecule has 2 rings (SSSR count). The summed E-state index contributed by atoms with van der Waals surface area (Å²) >= 11 is 11.7. The maximum Gasteiger partial charge on any atom is 0.340 e. The van der Waals surface area contributed by atoms with Gasteiger partial charge in [0.05, 0.1) is 15.6 Å². The van der Waals surface area contributed by atoms with Gasteiger partial charge in [-0.05, 0) is 24.3 Å². The summed E-state index contributed by atoms with van der Waals surface area (Å²) in [5, 5.41) is 0.243. The molecule has 8 heteroatoms. The van der Waals surface area contributed by atoms with Crippen molar-refractivity contribution in [2.24, 2.45) is 0 Å². The highest BCUT2D eigenvalue weighted by Gasteiger charge is 2.15. The Morgan fingerprint density at radius 2 is 1.62 bits per heavy atom. The molecule has 0 aromatic heterocycles. The Morgan fingerprint density at radius 1 is 0.917 bits per heavy atom. The Balaban J connectivity index is 1.82. The first-order chi connectivity index (χ1) is 11.5. The molecule has 0 aliphatic heterocycles. The molecule has 0 spiro atoms. The number of amides is 2. The zero-order valence-corrected chi connectivity index (χ0v) is 13.7. The number of hydrazine groups is 1. The Morgan fingerprint density at radius 3 is 2.33 bits per heavy atom. The van der Waals surface area contributed by atoms with Crippen molar-refractivity contribution in [2.75, 3.05) is 6.61 Å². The number of rotatable bonds is 4. The van der Waals surface area contributed by atoms with Gasteiger partial charge in [0.2, 0.25) is 0 Å². The summed E-state index contributed by atoms with van der Waals surface area (Å²) in [6.45, 7) is -0.587. The number of hydrogen-bond donors (Lipinski definition) is 2. The second kappa shape index (κ2) is 8.33. The lowest BCUT2D eigenvalue weighted by molar-refractivity contribution is -0.125. The highest BCUT2D eigenvalue weighted by molar-refractivity contribution is 6.43. The van der Waals surface area contributed by atoms with Gasteiger partial charge in [-0.15, -0.1) is 0 Å². The Kier molecular flexibility index (Phi) is 6.17. The molecule has 2 amide bonds. The molecule has 0 saturated carbocycles. The predicted octanol–water partition coefficient (Wildman–Crippen LogP) is 2.61. The number of hydrogen-bond acceptors (Lipinski definition) is 4. The molecule has 0 atom stereocenters. The number of nitrogens with one attached hydrogen (secondary N) is 2. The van der Waals surface area contributed by atoms with Crippen LogP contribution in [0.2, 0.25) is 10.0 Å². The van der Waals surface area contributed by atoms with Crippen molar-refractivity contribution in [3.05, 3.63) is 69.7 Å². The fourth-order valence-corrected chi connectivity index (χ4v) is 2.07. The number of carbonyl (C=O) groups is 3. The van der Waals surface area contributed by atoms with Crippen LogP contribution >= 0.6 is 23.2 Å². The first kappa shape index (κ1) is 17.8. The molecule has 0 bridgehead atoms. The van der Waals surface area contributed by atoms with Crippen LogP contribution in [-0.4, -0.2) is 24.4 Å². The Hall–Kier alpha value is -2.57. The van der Waals surface area contributed by atoms with Gasteiger partial charge in [-0.1, -0.05) is 47.5 Å². The molecule has 2 aromatic rings. The standard InChI is InChI=1S/C16H12Cl2N2O4/c17-12-8-4-7-11(14(12)18)16(23)24-9-13(21)19-20-15(22)10-5-2-1-3-6-10/h1-8H,9H2,(H,19,21)(H,20,22). The maximum absolute atomic E-state index is 11.8. The number of esters is 1. The number of ether oxygens (including phenoxy) is 1. The predicted molar refractivity (Wildman–Crippen MR) is 88.8 cm³/mol. The zero-order valence-electron chi connectivity index (χ0n) is 12.2. The van der Waals surface area contributed by atoms with Gasteiger partial charge in [-0.25, -0.2) is 4.79 Å². The molecular weight excluding hydrogens is 355 g/mol. The molecule has 24 heavy (non-hydrogen) atoms. The van der Waals surface area contributed by atoms with E-state index >= 15 is 0 Å². The van der Waals surface area contributed by atoms with Crippen LogP contribution in [-0.2, 0) is 9.53 Å². The summed E-state index contributed by atoms with van der Waals surface area (Å²) in [7, 11) is 0. The third-order valence-corrected chi connectivity index (χ3v) is 3.68. The van der Waals surface area contributed by atoms with E-state index in [1.54, 1.807) is 30.3 Å². The fourth-order valence-electron chi connectivity index (χ4n) is 1.69. The lowest BCUT2D eigenvalue weighted by atomic mass is 10.2. The van der Waals surface area contributed by atoms with Crippen LogP contribution in [0.3, 0.4) is 0 Å². The highest BCUT2D eigenvalue weighted by atomic mass is 35.5. The van der Waals surface area contributed by atoms with Gasteiger partial charge >= 0.3 is 5.97 Å². The molecule has 0 unspecified atom stereocenters. The average molecular weight is 367 g/mol. The minimum atomic E-state index is -0.799. The van der Waals surface area contributed by atoms with E-state index in [4.69, 9.17) is 27.9 Å². The van der Waals surface area contributed by atoms with Gasteiger partial charge < -0.3 is 4.74 Å². The molecule has 0 radical (unpaired) electrons. The first-order valence-electron chi connectivity index (χ1n) is 6.74. The van der Waals surface area contributed by atoms with Crippen molar-refractivity contribution in [1.29, 1.82) is 0 Å². The van der Waals surface area contributed by atoms with Crippen molar-refractivity contribution in [3.8, 4) is 0 Å². The van der Waals surface area contributed by atoms with Gasteiger partial charge in [0.25, 0.3) is 11.8 Å². The molecular formula is C16H12Cl2N2O4. The third kappa shape index (κ3) is 4.71. The summed E-state index contributed by atoms with van der Waals surface area (Å²) < 4.78 is 4.82. The third-order valence-electron chi connectivity index (χ3n) is 2.86. The van der Waals surface area contributed by atoms with E-state index in [1.807, 2.05) is 0 Å². The summed E-state index contributed by atoms with van der Waals surface area (Å²) in [5.74, 6) is -1.99. The lowest BCUT2D eigenvalue weighted by Crippen LogP contribution is -2.43. The van der Waals surface area contributed by atoms with Crippen LogP contribution in [0.25, 0.3) is 0 Å². The van der Waals surface area contributed by atoms with Gasteiger partial charge in [-0.3, -0.25) is 20.4 Å². The van der Waals surface area contributed by atoms with Crippen LogP contribution in [0.4, 0.5) is 0 Å². The number of carbonyl (C=O) groups excluding carboxylic acids is 3. The van der Waals surface area contributed by atoms with E-state index in [9.17, 15) is 14.4 Å². The van der Waals surface area contributed by atoms with E-state index in [-0.39, 0.29) is 15.6 Å². The monoisotopic (exact) mass is 366 g/mol. The van der Waals surface area contributed by atoms with Gasteiger partial charge in [0.1, 0.15) is 0 Å². The average Bonchev–Trinajstić information content (AvgIpc) is 2.60. The van der Waals surface area contributed by atoms with Crippen LogP contribution in [0, 0.1) is 0 Å². The summed E-state index contributed by atoms with van der Waals surface area (Å²) in [6, 6.07) is 12.8. The Bertz CT molecular complexity index is 766. The van der Waals surface area contributed by atoms with Gasteiger partial charge in [0.15, 0.2) is 6.61 Å². The largest absolute Gasteiger partial charge is 0.452 e. The topological polar surface area (TPSA) is 84.5 Å². The zero-order chi connectivity index (χ0) is 17.5. The Labute approximate surface area is 147 Å². The maximum atomic E-state index is 11.8. The van der Waals surface area contributed by atoms with E-state index in [1.165, 1.54) is 18.2 Å². The summed E-state index contributed by atoms with van der Waals surface area (Å²) in [5.41, 5.74) is 4.77. The van der Waals surface area contributed by atoms with Crippen molar-refractivity contribution >= 4 is 41.0 Å². The lowest BCUT2D eigenvalue weighted by Gasteiger charge is -2.09. The molecule has 6 nitrogen and oxygen atoms in total. The fraction of sp³-hybridized carbons (Fsp3) is 0.0625. The van der Waals surface area contributed by atoms with E-state index in [2.05, 4.69) is 10.9 Å². The van der Waals surface area contributed by atoms with Crippen LogP contribution in [0.1, 0.15) is 20.7 Å². The molecule has 0 aliphatic carbocycles. The molecule has 0 fully saturated rings. The number of halogens is 2. The van der Waals surface area contributed by atoms with E-state index < -0.39 is 24.4 Å². The highest BCUT2D eigenvalue weighted by Crippen LogP contribution is 2.25. The molecule has 0 saturated heterocycles. The van der Waals surface area contributed by atoms with E-state index in [0.717, 1.165) is 0 Å².